The van der Waals surface area contributed by atoms with E-state index in [1.165, 1.54) is 0 Å². The minimum absolute atomic E-state index is 0.0845. The van der Waals surface area contributed by atoms with Crippen LogP contribution in [0.5, 0.6) is 5.75 Å². The zero-order valence-corrected chi connectivity index (χ0v) is 12.3. The minimum Gasteiger partial charge on any atom is -0.483 e. The lowest BCUT2D eigenvalue weighted by molar-refractivity contribution is -0.123. The van der Waals surface area contributed by atoms with Crippen molar-refractivity contribution in [2.75, 3.05) is 6.61 Å². The number of hydrogen-bond acceptors (Lipinski definition) is 4. The van der Waals surface area contributed by atoms with Gasteiger partial charge >= 0.3 is 0 Å². The van der Waals surface area contributed by atoms with Gasteiger partial charge in [0.2, 0.25) is 0 Å². The lowest BCUT2D eigenvalue weighted by Gasteiger charge is -2.08. The summed E-state index contributed by atoms with van der Waals surface area (Å²) in [6.07, 6.45) is 1.56. The Hall–Kier alpha value is -2.56. The average Bonchev–Trinajstić information content (AvgIpc) is 2.98. The highest BCUT2D eigenvalue weighted by Crippen LogP contribution is 2.18. The quantitative estimate of drug-likeness (QED) is 0.679. The Morgan fingerprint density at radius 1 is 1.33 bits per heavy atom. The molecule has 0 bridgehead atoms. The first-order valence-electron chi connectivity index (χ1n) is 6.63. The molecular weight excluding hydrogens is 268 g/mol. The van der Waals surface area contributed by atoms with E-state index in [0.29, 0.717) is 17.2 Å². The number of hydrogen-bond donors (Lipinski definition) is 1. The maximum atomic E-state index is 11.7. The number of ether oxygens (including phenoxy) is 1. The molecule has 0 unspecified atom stereocenters. The maximum Gasteiger partial charge on any atom is 0.277 e. The molecule has 0 aliphatic heterocycles. The van der Waals surface area contributed by atoms with Crippen LogP contribution in [0.4, 0.5) is 0 Å². The summed E-state index contributed by atoms with van der Waals surface area (Å²) >= 11 is 0. The summed E-state index contributed by atoms with van der Waals surface area (Å²) in [7, 11) is 0. The molecule has 0 fully saturated rings. The summed E-state index contributed by atoms with van der Waals surface area (Å²) in [6.45, 7) is 5.62. The van der Waals surface area contributed by atoms with E-state index in [4.69, 9.17) is 9.15 Å². The van der Waals surface area contributed by atoms with E-state index in [1.807, 2.05) is 32.0 Å². The topological polar surface area (TPSA) is 63.8 Å². The normalized spacial score (nSPS) is 11.3. The van der Waals surface area contributed by atoms with Gasteiger partial charge in [-0.25, -0.2) is 5.43 Å². The minimum atomic E-state index is -0.319. The lowest BCUT2D eigenvalue weighted by Crippen LogP contribution is -2.25. The lowest BCUT2D eigenvalue weighted by atomic mass is 10.1. The van der Waals surface area contributed by atoms with Gasteiger partial charge in [0, 0.05) is 0 Å². The van der Waals surface area contributed by atoms with Crippen LogP contribution in [0.3, 0.4) is 0 Å². The molecule has 110 valence electrons. The fraction of sp³-hybridized carbons (Fsp3) is 0.250. The molecule has 0 saturated carbocycles. The molecule has 0 aliphatic carbocycles. The van der Waals surface area contributed by atoms with Gasteiger partial charge in [-0.2, -0.15) is 5.10 Å². The number of furan rings is 1. The second-order valence-electron chi connectivity index (χ2n) is 4.77. The van der Waals surface area contributed by atoms with Crippen LogP contribution in [-0.2, 0) is 4.79 Å². The fourth-order valence-electron chi connectivity index (χ4n) is 1.82. The van der Waals surface area contributed by atoms with Gasteiger partial charge < -0.3 is 9.15 Å². The highest BCUT2D eigenvalue weighted by Gasteiger charge is 2.05. The molecule has 5 heteroatoms. The van der Waals surface area contributed by atoms with Crippen molar-refractivity contribution in [1.82, 2.24) is 5.43 Å². The summed E-state index contributed by atoms with van der Waals surface area (Å²) in [5.41, 5.74) is 5.19. The predicted octanol–water partition coefficient (Wildman–Crippen LogP) is 2.82. The first-order valence-corrected chi connectivity index (χ1v) is 6.63. The number of hydrazone groups is 1. The smallest absolute Gasteiger partial charge is 0.277 e. The van der Waals surface area contributed by atoms with Crippen molar-refractivity contribution in [3.8, 4) is 5.75 Å². The van der Waals surface area contributed by atoms with Crippen LogP contribution in [-0.4, -0.2) is 18.2 Å². The van der Waals surface area contributed by atoms with Gasteiger partial charge in [0.05, 0.1) is 6.26 Å². The van der Waals surface area contributed by atoms with E-state index in [0.717, 1.165) is 11.1 Å². The fourth-order valence-corrected chi connectivity index (χ4v) is 1.82. The summed E-state index contributed by atoms with van der Waals surface area (Å²) in [6, 6.07) is 9.35. The van der Waals surface area contributed by atoms with Crippen LogP contribution in [0.25, 0.3) is 0 Å². The van der Waals surface area contributed by atoms with Crippen LogP contribution in [0.15, 0.2) is 46.1 Å². The number of carbonyl (C=O) groups is 1. The monoisotopic (exact) mass is 286 g/mol. The Labute approximate surface area is 123 Å². The van der Waals surface area contributed by atoms with Crippen molar-refractivity contribution in [3.63, 3.8) is 0 Å². The van der Waals surface area contributed by atoms with Crippen molar-refractivity contribution in [2.45, 2.75) is 20.8 Å². The highest BCUT2D eigenvalue weighted by molar-refractivity contribution is 5.96. The molecule has 0 spiro atoms. The zero-order valence-electron chi connectivity index (χ0n) is 12.3. The standard InChI is InChI=1S/C16H18N2O3/c1-11-6-7-14(12(2)9-11)21-10-16(19)18-17-13(3)15-5-4-8-20-15/h4-9H,10H2,1-3H3,(H,18,19). The van der Waals surface area contributed by atoms with E-state index in [9.17, 15) is 4.79 Å². The molecule has 21 heavy (non-hydrogen) atoms. The van der Waals surface area contributed by atoms with Gasteiger partial charge in [-0.3, -0.25) is 4.79 Å². The van der Waals surface area contributed by atoms with E-state index < -0.39 is 0 Å². The Balaban J connectivity index is 1.86. The van der Waals surface area contributed by atoms with Crippen LogP contribution in [0, 0.1) is 13.8 Å². The van der Waals surface area contributed by atoms with Gasteiger partial charge in [0.1, 0.15) is 17.2 Å². The Kier molecular flexibility index (Phi) is 4.77. The van der Waals surface area contributed by atoms with Crippen molar-refractivity contribution in [2.24, 2.45) is 5.10 Å². The van der Waals surface area contributed by atoms with Crippen molar-refractivity contribution in [1.29, 1.82) is 0 Å². The van der Waals surface area contributed by atoms with E-state index >= 15 is 0 Å². The first kappa shape index (κ1) is 14.8. The molecule has 1 amide bonds. The van der Waals surface area contributed by atoms with E-state index in [1.54, 1.807) is 25.3 Å². The van der Waals surface area contributed by atoms with Crippen molar-refractivity contribution < 1.29 is 13.9 Å². The van der Waals surface area contributed by atoms with Gasteiger partial charge in [-0.15, -0.1) is 0 Å². The Morgan fingerprint density at radius 2 is 2.14 bits per heavy atom. The summed E-state index contributed by atoms with van der Waals surface area (Å²) < 4.78 is 10.6. The molecule has 2 rings (SSSR count). The first-order chi connectivity index (χ1) is 10.1. The molecule has 1 aromatic heterocycles. The number of benzene rings is 1. The third kappa shape index (κ3) is 4.21. The number of aryl methyl sites for hydroxylation is 2. The SMILES string of the molecule is CC(=NNC(=O)COc1ccc(C)cc1C)c1ccco1. The molecule has 1 heterocycles. The third-order valence-corrected chi connectivity index (χ3v) is 2.92. The molecular formula is C16H18N2O3. The number of nitrogens with zero attached hydrogens (tertiary/aromatic N) is 1. The summed E-state index contributed by atoms with van der Waals surface area (Å²) in [4.78, 5) is 11.7. The second kappa shape index (κ2) is 6.74. The zero-order chi connectivity index (χ0) is 15.2. The number of carbonyl (C=O) groups excluding carboxylic acids is 1. The summed E-state index contributed by atoms with van der Waals surface area (Å²) in [5, 5.41) is 3.96. The van der Waals surface area contributed by atoms with E-state index in [2.05, 4.69) is 10.5 Å². The average molecular weight is 286 g/mol. The molecule has 0 saturated heterocycles. The Morgan fingerprint density at radius 3 is 2.81 bits per heavy atom. The molecule has 0 radical (unpaired) electrons. The number of nitrogens with one attached hydrogen (secondary N) is 1. The largest absolute Gasteiger partial charge is 0.483 e. The molecule has 1 aromatic carbocycles. The predicted molar refractivity (Wildman–Crippen MR) is 80.5 cm³/mol. The molecule has 5 nitrogen and oxygen atoms in total. The molecule has 0 atom stereocenters. The summed E-state index contributed by atoms with van der Waals surface area (Å²) in [5.74, 6) is 0.994. The molecule has 1 N–H and O–H groups in total. The van der Waals surface area contributed by atoms with Crippen molar-refractivity contribution in [3.05, 3.63) is 53.5 Å². The van der Waals surface area contributed by atoms with Crippen LogP contribution < -0.4 is 10.2 Å². The number of rotatable bonds is 5. The van der Waals surface area contributed by atoms with Crippen LogP contribution in [0.2, 0.25) is 0 Å². The molecule has 0 aliphatic rings. The van der Waals surface area contributed by atoms with Gasteiger partial charge in [-0.05, 0) is 44.5 Å². The van der Waals surface area contributed by atoms with Gasteiger partial charge in [-0.1, -0.05) is 17.7 Å². The van der Waals surface area contributed by atoms with E-state index in [-0.39, 0.29) is 12.5 Å². The van der Waals surface area contributed by atoms with Gasteiger partial charge in [0.15, 0.2) is 6.61 Å². The molecule has 2 aromatic rings. The van der Waals surface area contributed by atoms with Crippen LogP contribution >= 0.6 is 0 Å². The second-order valence-corrected chi connectivity index (χ2v) is 4.77. The van der Waals surface area contributed by atoms with Crippen LogP contribution in [0.1, 0.15) is 23.8 Å². The Bertz CT molecular complexity index is 646. The van der Waals surface area contributed by atoms with Gasteiger partial charge in [0.25, 0.3) is 5.91 Å². The maximum absolute atomic E-state index is 11.7. The van der Waals surface area contributed by atoms with Crippen molar-refractivity contribution >= 4 is 11.6 Å². The third-order valence-electron chi connectivity index (χ3n) is 2.92. The highest BCUT2D eigenvalue weighted by atomic mass is 16.5. The number of amides is 1.